The van der Waals surface area contributed by atoms with Crippen LogP contribution in [0.1, 0.15) is 21.5 Å². The molecule has 3 aromatic rings. The number of para-hydroxylation sites is 1. The Labute approximate surface area is 175 Å². The number of nitrogens with zero attached hydrogens (tertiary/aromatic N) is 2. The average molecular weight is 402 g/mol. The van der Waals surface area contributed by atoms with Crippen molar-refractivity contribution in [2.24, 2.45) is 0 Å². The predicted octanol–water partition coefficient (Wildman–Crippen LogP) is 3.47. The highest BCUT2D eigenvalue weighted by atomic mass is 16.7. The third-order valence-corrected chi connectivity index (χ3v) is 4.57. The van der Waals surface area contributed by atoms with Crippen LogP contribution in [0.25, 0.3) is 0 Å². The Morgan fingerprint density at radius 2 is 1.47 bits per heavy atom. The molecule has 0 heterocycles. The Kier molecular flexibility index (Phi) is 7.08. The first-order chi connectivity index (χ1) is 14.6. The van der Waals surface area contributed by atoms with Crippen molar-refractivity contribution in [1.82, 2.24) is 5.06 Å². The number of ketones is 1. The van der Waals surface area contributed by atoms with E-state index in [1.54, 1.807) is 55.6 Å². The van der Waals surface area contributed by atoms with E-state index < -0.39 is 0 Å². The fourth-order valence-electron chi connectivity index (χ4n) is 2.92. The Bertz CT molecular complexity index is 1010. The maximum absolute atomic E-state index is 12.9. The summed E-state index contributed by atoms with van der Waals surface area (Å²) in [5.41, 5.74) is 2.28. The molecule has 0 spiro atoms. The molecule has 0 radical (unpaired) electrons. The van der Waals surface area contributed by atoms with Crippen molar-refractivity contribution in [3.05, 3.63) is 102 Å². The van der Waals surface area contributed by atoms with Crippen LogP contribution in [-0.4, -0.2) is 36.8 Å². The molecule has 0 aromatic heterocycles. The molecule has 30 heavy (non-hydrogen) atoms. The van der Waals surface area contributed by atoms with Gasteiger partial charge < -0.3 is 4.90 Å². The van der Waals surface area contributed by atoms with E-state index in [-0.39, 0.29) is 24.8 Å². The highest BCUT2D eigenvalue weighted by Gasteiger charge is 2.21. The van der Waals surface area contributed by atoms with Gasteiger partial charge in [-0.15, -0.1) is 0 Å². The first kappa shape index (κ1) is 21.0. The van der Waals surface area contributed by atoms with Crippen LogP contribution in [0.5, 0.6) is 0 Å². The summed E-state index contributed by atoms with van der Waals surface area (Å²) in [6.07, 6.45) is 0.468. The lowest BCUT2D eigenvalue weighted by atomic mass is 10.0. The fraction of sp³-hybridized carbons (Fsp3) is 0.125. The van der Waals surface area contributed by atoms with Crippen LogP contribution in [0.2, 0.25) is 0 Å². The van der Waals surface area contributed by atoms with Crippen molar-refractivity contribution >= 4 is 23.8 Å². The fourth-order valence-corrected chi connectivity index (χ4v) is 2.92. The van der Waals surface area contributed by atoms with E-state index in [2.05, 4.69) is 0 Å². The molecule has 0 fully saturated rings. The van der Waals surface area contributed by atoms with Crippen molar-refractivity contribution in [2.75, 3.05) is 18.5 Å². The molecule has 0 saturated heterocycles. The maximum Gasteiger partial charge on any atom is 0.249 e. The number of amides is 2. The summed E-state index contributed by atoms with van der Waals surface area (Å²) in [7, 11) is 1.57. The van der Waals surface area contributed by atoms with Gasteiger partial charge >= 0.3 is 0 Å². The second-order valence-electron chi connectivity index (χ2n) is 6.60. The predicted molar refractivity (Wildman–Crippen MR) is 114 cm³/mol. The van der Waals surface area contributed by atoms with Crippen LogP contribution in [0.15, 0.2) is 84.9 Å². The lowest BCUT2D eigenvalue weighted by Crippen LogP contribution is -2.38. The highest BCUT2D eigenvalue weighted by Crippen LogP contribution is 2.22. The Balaban J connectivity index is 1.71. The maximum atomic E-state index is 12.9. The summed E-state index contributed by atoms with van der Waals surface area (Å²) in [5.74, 6) is -0.568. The molecule has 0 aliphatic carbocycles. The minimum Gasteiger partial charge on any atom is -0.313 e. The normalized spacial score (nSPS) is 10.3. The Hall–Kier alpha value is -3.77. The summed E-state index contributed by atoms with van der Waals surface area (Å²) in [6.45, 7) is -0.111. The molecule has 0 unspecified atom stereocenters. The van der Waals surface area contributed by atoms with Crippen LogP contribution in [0, 0.1) is 0 Å². The summed E-state index contributed by atoms with van der Waals surface area (Å²) in [6, 6.07) is 25.1. The van der Waals surface area contributed by atoms with Gasteiger partial charge in [-0.1, -0.05) is 72.8 Å². The van der Waals surface area contributed by atoms with Crippen LogP contribution in [-0.2, 0) is 21.0 Å². The van der Waals surface area contributed by atoms with E-state index >= 15 is 0 Å². The van der Waals surface area contributed by atoms with Crippen molar-refractivity contribution in [1.29, 1.82) is 0 Å². The van der Waals surface area contributed by atoms with E-state index in [0.717, 1.165) is 10.6 Å². The number of hydrogen-bond acceptors (Lipinski definition) is 4. The molecular weight excluding hydrogens is 380 g/mol. The molecule has 0 saturated carbocycles. The van der Waals surface area contributed by atoms with Crippen molar-refractivity contribution in [2.45, 2.75) is 6.61 Å². The zero-order valence-electron chi connectivity index (χ0n) is 16.6. The van der Waals surface area contributed by atoms with Gasteiger partial charge in [-0.2, -0.15) is 0 Å². The average Bonchev–Trinajstić information content (AvgIpc) is 2.81. The van der Waals surface area contributed by atoms with Gasteiger partial charge in [-0.25, -0.2) is 5.06 Å². The molecule has 2 amide bonds. The first-order valence-electron chi connectivity index (χ1n) is 9.44. The number of anilines is 1. The van der Waals surface area contributed by atoms with E-state index in [1.165, 1.54) is 4.90 Å². The number of hydroxylamine groups is 2. The molecule has 0 N–H and O–H groups in total. The number of hydrogen-bond donors (Lipinski definition) is 0. The van der Waals surface area contributed by atoms with Gasteiger partial charge in [0.2, 0.25) is 12.3 Å². The highest BCUT2D eigenvalue weighted by molar-refractivity contribution is 6.14. The third-order valence-electron chi connectivity index (χ3n) is 4.57. The molecule has 152 valence electrons. The van der Waals surface area contributed by atoms with Crippen molar-refractivity contribution < 1.29 is 19.2 Å². The van der Waals surface area contributed by atoms with E-state index in [0.29, 0.717) is 23.2 Å². The minimum absolute atomic E-state index is 0.166. The third kappa shape index (κ3) is 5.18. The number of rotatable bonds is 9. The van der Waals surface area contributed by atoms with Gasteiger partial charge in [-0.3, -0.25) is 19.2 Å². The molecule has 6 nitrogen and oxygen atoms in total. The second-order valence-corrected chi connectivity index (χ2v) is 6.60. The van der Waals surface area contributed by atoms with Crippen molar-refractivity contribution in [3.8, 4) is 0 Å². The standard InChI is InChI=1S/C24H22N2O4/c1-25(23(28)16-26(18-27)30-17-19-10-4-2-5-11-19)22-15-9-8-14-21(22)24(29)20-12-6-3-7-13-20/h2-15,18H,16-17H2,1H3. The monoisotopic (exact) mass is 402 g/mol. The smallest absolute Gasteiger partial charge is 0.249 e. The molecule has 0 aliphatic rings. The van der Waals surface area contributed by atoms with Gasteiger partial charge in [0.15, 0.2) is 5.78 Å². The van der Waals surface area contributed by atoms with E-state index in [9.17, 15) is 14.4 Å². The molecule has 0 bridgehead atoms. The van der Waals surface area contributed by atoms with Gasteiger partial charge in [0.05, 0.1) is 5.69 Å². The largest absolute Gasteiger partial charge is 0.313 e. The lowest BCUT2D eigenvalue weighted by Gasteiger charge is -2.23. The zero-order valence-corrected chi connectivity index (χ0v) is 16.6. The van der Waals surface area contributed by atoms with Crippen molar-refractivity contribution in [3.63, 3.8) is 0 Å². The molecule has 0 aliphatic heterocycles. The van der Waals surface area contributed by atoms with Gasteiger partial charge in [0.1, 0.15) is 13.2 Å². The Morgan fingerprint density at radius 3 is 2.13 bits per heavy atom. The molecule has 6 heteroatoms. The number of carbonyl (C=O) groups is 3. The van der Waals surface area contributed by atoms with Gasteiger partial charge in [0.25, 0.3) is 0 Å². The zero-order chi connectivity index (χ0) is 21.3. The summed E-state index contributed by atoms with van der Waals surface area (Å²) in [5, 5.41) is 0.952. The van der Waals surface area contributed by atoms with E-state index in [1.807, 2.05) is 36.4 Å². The van der Waals surface area contributed by atoms with Crippen LogP contribution in [0.4, 0.5) is 5.69 Å². The molecule has 3 aromatic carbocycles. The molecule has 0 atom stereocenters. The van der Waals surface area contributed by atoms with Gasteiger partial charge in [0, 0.05) is 18.2 Å². The van der Waals surface area contributed by atoms with E-state index in [4.69, 9.17) is 4.84 Å². The molecular formula is C24H22N2O4. The number of benzene rings is 3. The SMILES string of the molecule is CN(C(=O)CN(C=O)OCc1ccccc1)c1ccccc1C(=O)c1ccccc1. The van der Waals surface area contributed by atoms with Crippen LogP contribution in [0.3, 0.4) is 0 Å². The van der Waals surface area contributed by atoms with Gasteiger partial charge in [-0.05, 0) is 17.7 Å². The first-order valence-corrected chi connectivity index (χ1v) is 9.44. The summed E-state index contributed by atoms with van der Waals surface area (Å²) >= 11 is 0. The summed E-state index contributed by atoms with van der Waals surface area (Å²) < 4.78 is 0. The lowest BCUT2D eigenvalue weighted by molar-refractivity contribution is -0.179. The Morgan fingerprint density at radius 1 is 0.867 bits per heavy atom. The second kappa shape index (κ2) is 10.1. The summed E-state index contributed by atoms with van der Waals surface area (Å²) in [4.78, 5) is 43.8. The molecule has 3 rings (SSSR count). The minimum atomic E-state index is -0.386. The number of carbonyl (C=O) groups excluding carboxylic acids is 3. The number of likely N-dealkylation sites (N-methyl/N-ethyl adjacent to an activating group) is 1. The van der Waals surface area contributed by atoms with Crippen LogP contribution >= 0.6 is 0 Å². The quantitative estimate of drug-likeness (QED) is 0.312. The topological polar surface area (TPSA) is 66.9 Å². The van der Waals surface area contributed by atoms with Crippen LogP contribution < -0.4 is 4.90 Å².